The molecule has 0 saturated carbocycles. The van der Waals surface area contributed by atoms with Gasteiger partial charge in [0.1, 0.15) is 0 Å². The van der Waals surface area contributed by atoms with Crippen LogP contribution in [0.3, 0.4) is 0 Å². The Bertz CT molecular complexity index is 36.6. The van der Waals surface area contributed by atoms with Gasteiger partial charge in [-0.3, -0.25) is 0 Å². The van der Waals surface area contributed by atoms with E-state index in [9.17, 15) is 4.32 Å². The van der Waals surface area contributed by atoms with E-state index in [4.69, 9.17) is 6.04 Å². The molecule has 0 aliphatic heterocycles. The Labute approximate surface area is 26.1 Å². The number of hydrogen-bond acceptors (Lipinski definition) is 1. The second-order valence-electron chi connectivity index (χ2n) is 0.262. The van der Waals surface area contributed by atoms with Gasteiger partial charge in [-0.15, -0.1) is 0 Å². The average Bonchev–Trinajstić information content (AvgIpc) is 1.38. The maximum absolute atomic E-state index is 10.7. The van der Waals surface area contributed by atoms with Crippen LogP contribution in [0.5, 0.6) is 0 Å². The van der Waals surface area contributed by atoms with Gasteiger partial charge in [0, 0.05) is 0 Å². The molecule has 0 bridgehead atoms. The van der Waals surface area contributed by atoms with Crippen LogP contribution in [0.1, 0.15) is 0 Å². The second-order valence-corrected chi connectivity index (χ2v) is 0.262. The Morgan fingerprint density at radius 3 is 2.75 bits per heavy atom. The maximum atomic E-state index is 10.7. The summed E-state index contributed by atoms with van der Waals surface area (Å²) in [6.07, 6.45) is 0. The van der Waals surface area contributed by atoms with Crippen LogP contribution in [0.4, 0.5) is 4.32 Å². The Morgan fingerprint density at radius 1 is 2.50 bits per heavy atom. The van der Waals surface area contributed by atoms with E-state index >= 15 is 0 Å². The average molecular weight is 58.6 g/mol. The Balaban J connectivity index is 2.83. The molecule has 0 aromatic heterocycles. The number of halogens is 1. The van der Waals surface area contributed by atoms with Crippen molar-refractivity contribution in [1.29, 1.82) is 1.34 Å². The molecule has 0 atom stereocenters. The molecule has 0 unspecified atom stereocenters. The van der Waals surface area contributed by atoms with Crippen molar-refractivity contribution in [2.75, 3.05) is 0 Å². The third-order valence-electron chi connectivity index (χ3n) is 0.0514. The molecular weight excluding hydrogens is 56.6 g/mol. The van der Waals surface area contributed by atoms with E-state index in [2.05, 4.69) is 0 Å². The van der Waals surface area contributed by atoms with Gasteiger partial charge in [-0.1, -0.05) is 0 Å². The van der Waals surface area contributed by atoms with Crippen LogP contribution in [0, 0.1) is 0 Å². The summed E-state index contributed by atoms with van der Waals surface area (Å²) in [5.41, 5.74) is 0. The van der Waals surface area contributed by atoms with Crippen molar-refractivity contribution >= 4 is 14.5 Å². The van der Waals surface area contributed by atoms with Gasteiger partial charge in [0.25, 0.3) is 0 Å². The molecule has 4 heteroatoms. The van der Waals surface area contributed by atoms with Crippen LogP contribution < -0.4 is 0 Å². The summed E-state index contributed by atoms with van der Waals surface area (Å²) < 4.78 is 25.5. The zero-order valence-electron chi connectivity index (χ0n) is 2.94. The van der Waals surface area contributed by atoms with Crippen LogP contribution in [-0.2, 0) is 4.70 Å². The van der Waals surface area contributed by atoms with Crippen LogP contribution in [0.25, 0.3) is 0 Å². The summed E-state index contributed by atoms with van der Waals surface area (Å²) in [5, 5.41) is 0. The Hall–Kier alpha value is -0.140. The Morgan fingerprint density at radius 2 is 2.75 bits per heavy atom. The summed E-state index contributed by atoms with van der Waals surface area (Å²) in [6, 6.07) is 0. The third kappa shape index (κ3) is 1.86. The molecule has 0 fully saturated rings. The van der Waals surface area contributed by atoms with E-state index < -0.39 is 7.41 Å². The molecule has 20 valence electrons. The quantitative estimate of drug-likeness (QED) is 0.364. The van der Waals surface area contributed by atoms with E-state index in [1.165, 1.54) is 0 Å². The van der Waals surface area contributed by atoms with Crippen molar-refractivity contribution < 1.29 is 9.02 Å². The zero-order valence-corrected chi connectivity index (χ0v) is 1.94. The molecule has 0 amide bonds. The summed E-state index contributed by atoms with van der Waals surface area (Å²) in [6.45, 7) is 0. The third-order valence-corrected chi connectivity index (χ3v) is 0.0514. The van der Waals surface area contributed by atoms with Crippen LogP contribution in [0.15, 0.2) is 0 Å². The fourth-order valence-corrected chi connectivity index (χ4v) is 0. The summed E-state index contributed by atoms with van der Waals surface area (Å²) in [7, 11) is -2.13. The molecule has 0 rings (SSSR count). The van der Waals surface area contributed by atoms with Crippen LogP contribution in [-0.4, -0.2) is 15.8 Å². The predicted octanol–water partition coefficient (Wildman–Crippen LogP) is -0.728. The fraction of sp³-hybridized carbons (Fsp3) is 0. The van der Waals surface area contributed by atoms with Gasteiger partial charge >= 0.3 is 24.8 Å². The number of rotatable bonds is 1. The van der Waals surface area contributed by atoms with Gasteiger partial charge in [-0.2, -0.15) is 0 Å². The first-order valence-corrected chi connectivity index (χ1v) is 0.787. The SMILES string of the molecule is [2H]B(F)B=O. The van der Waals surface area contributed by atoms with Gasteiger partial charge in [-0.05, 0) is 0 Å². The predicted molar refractivity (Wildman–Crippen MR) is 14.7 cm³/mol. The molecule has 0 aromatic rings. The molecule has 0 saturated heterocycles. The van der Waals surface area contributed by atoms with E-state index in [0.717, 1.165) is 0 Å². The monoisotopic (exact) mass is 59.0 g/mol. The second kappa shape index (κ2) is 2.86. The molecule has 1 nitrogen and oxygen atoms in total. The molecule has 0 aliphatic carbocycles. The van der Waals surface area contributed by atoms with Crippen molar-refractivity contribution in [3.05, 3.63) is 0 Å². The summed E-state index contributed by atoms with van der Waals surface area (Å²) in [5.74, 6) is 0. The first-order chi connectivity index (χ1) is 2.27. The minimum absolute atomic E-state index is 0.0833. The van der Waals surface area contributed by atoms with Crippen molar-refractivity contribution in [2.45, 2.75) is 0 Å². The molecule has 0 radical (unpaired) electrons. The fourth-order valence-electron chi connectivity index (χ4n) is 0. The van der Waals surface area contributed by atoms with Gasteiger partial charge < -0.3 is 0 Å². The molecular formula is HB2FO. The molecule has 0 aromatic carbocycles. The molecule has 0 aliphatic rings. The first-order valence-electron chi connectivity index (χ1n) is 1.36. The van der Waals surface area contributed by atoms with Gasteiger partial charge in [0.05, 0.1) is 0 Å². The van der Waals surface area contributed by atoms with E-state index in [1.807, 2.05) is 0 Å². The van der Waals surface area contributed by atoms with E-state index in [0.29, 0.717) is 0 Å². The first kappa shape index (κ1) is 2.12. The standard InChI is InChI=1S/B2FHO/c3-1-2-4/h1H/i1D. The van der Waals surface area contributed by atoms with Crippen molar-refractivity contribution in [2.24, 2.45) is 0 Å². The van der Waals surface area contributed by atoms with Crippen LogP contribution in [0.2, 0.25) is 0 Å². The molecule has 0 heterocycles. The van der Waals surface area contributed by atoms with E-state index in [-0.39, 0.29) is 7.04 Å². The van der Waals surface area contributed by atoms with Crippen molar-refractivity contribution in [3.63, 3.8) is 0 Å². The zero-order chi connectivity index (χ0) is 4.28. The summed E-state index contributed by atoms with van der Waals surface area (Å²) in [4.78, 5) is 0. The molecule has 0 N–H and O–H groups in total. The van der Waals surface area contributed by atoms with Crippen molar-refractivity contribution in [3.8, 4) is 0 Å². The summed E-state index contributed by atoms with van der Waals surface area (Å²) >= 11 is 0. The topological polar surface area (TPSA) is 17.1 Å². The molecule has 4 heavy (non-hydrogen) atoms. The van der Waals surface area contributed by atoms with Crippen LogP contribution >= 0.6 is 0 Å². The van der Waals surface area contributed by atoms with Gasteiger partial charge in [0.15, 0.2) is 0 Å². The normalized spacial score (nSPS) is 7.75. The number of hydrogen-bond donors (Lipinski definition) is 0. The van der Waals surface area contributed by atoms with Gasteiger partial charge in [0.2, 0.25) is 0 Å². The minimum atomic E-state index is -2.05. The Kier molecular flexibility index (Phi) is 1.51. The molecule has 0 spiro atoms. The van der Waals surface area contributed by atoms with Gasteiger partial charge in [-0.25, -0.2) is 0 Å². The van der Waals surface area contributed by atoms with Crippen molar-refractivity contribution in [1.82, 2.24) is 0 Å². The van der Waals surface area contributed by atoms with E-state index in [1.54, 1.807) is 0 Å².